The number of morpholine rings is 1. The molecule has 0 N–H and O–H groups in total. The van der Waals surface area contributed by atoms with Gasteiger partial charge < -0.3 is 4.74 Å². The zero-order chi connectivity index (χ0) is 14.1. The van der Waals surface area contributed by atoms with Crippen molar-refractivity contribution in [1.82, 2.24) is 4.90 Å². The molecule has 0 spiro atoms. The van der Waals surface area contributed by atoms with Gasteiger partial charge >= 0.3 is 0 Å². The number of nitrogens with zero attached hydrogens (tertiary/aromatic N) is 1. The second-order valence-corrected chi connectivity index (χ2v) is 6.53. The first kappa shape index (κ1) is 13.8. The van der Waals surface area contributed by atoms with Crippen molar-refractivity contribution in [2.75, 3.05) is 20.3 Å². The molecule has 1 saturated heterocycles. The summed E-state index contributed by atoms with van der Waals surface area (Å²) in [5, 5.41) is 0. The molecule has 20 heavy (non-hydrogen) atoms. The van der Waals surface area contributed by atoms with Crippen LogP contribution in [-0.2, 0) is 11.2 Å². The SMILES string of the molecule is CC(C)c1ccc(CC2=CC3COCC(C2)N3C)cc1. The van der Waals surface area contributed by atoms with Crippen molar-refractivity contribution < 1.29 is 4.74 Å². The third kappa shape index (κ3) is 2.82. The predicted molar refractivity (Wildman–Crippen MR) is 83.1 cm³/mol. The van der Waals surface area contributed by atoms with E-state index in [0.29, 0.717) is 18.0 Å². The minimum Gasteiger partial charge on any atom is -0.378 e. The molecule has 1 aromatic carbocycles. The monoisotopic (exact) mass is 271 g/mol. The Balaban J connectivity index is 1.71. The van der Waals surface area contributed by atoms with E-state index in [1.54, 1.807) is 5.57 Å². The number of fused-ring (bicyclic) bond motifs is 2. The molecule has 2 bridgehead atoms. The van der Waals surface area contributed by atoms with Crippen LogP contribution in [0.5, 0.6) is 0 Å². The summed E-state index contributed by atoms with van der Waals surface area (Å²) in [6.07, 6.45) is 4.67. The first-order valence-corrected chi connectivity index (χ1v) is 7.71. The normalized spacial score (nSPS) is 26.7. The molecule has 0 radical (unpaired) electrons. The predicted octanol–water partition coefficient (Wildman–Crippen LogP) is 3.38. The minimum absolute atomic E-state index is 0.479. The van der Waals surface area contributed by atoms with Crippen LogP contribution in [-0.4, -0.2) is 37.2 Å². The lowest BCUT2D eigenvalue weighted by atomic mass is 9.90. The van der Waals surface area contributed by atoms with Gasteiger partial charge in [0.2, 0.25) is 0 Å². The third-order valence-electron chi connectivity index (χ3n) is 4.70. The first-order chi connectivity index (χ1) is 9.63. The van der Waals surface area contributed by atoms with Gasteiger partial charge in [0.1, 0.15) is 0 Å². The van der Waals surface area contributed by atoms with Crippen LogP contribution in [0, 0.1) is 0 Å². The van der Waals surface area contributed by atoms with Crippen LogP contribution in [0.1, 0.15) is 37.3 Å². The smallest absolute Gasteiger partial charge is 0.0658 e. The Morgan fingerprint density at radius 2 is 1.95 bits per heavy atom. The molecule has 2 heterocycles. The van der Waals surface area contributed by atoms with Crippen molar-refractivity contribution >= 4 is 0 Å². The lowest BCUT2D eigenvalue weighted by Gasteiger charge is -2.42. The molecule has 3 rings (SSSR count). The molecule has 1 aromatic rings. The van der Waals surface area contributed by atoms with E-state index >= 15 is 0 Å². The van der Waals surface area contributed by atoms with Crippen LogP contribution in [0.4, 0.5) is 0 Å². The zero-order valence-electron chi connectivity index (χ0n) is 12.8. The molecule has 0 aliphatic carbocycles. The largest absolute Gasteiger partial charge is 0.378 e. The van der Waals surface area contributed by atoms with Gasteiger partial charge in [-0.25, -0.2) is 0 Å². The highest BCUT2D eigenvalue weighted by molar-refractivity contribution is 5.29. The fraction of sp³-hybridized carbons (Fsp3) is 0.556. The van der Waals surface area contributed by atoms with E-state index in [-0.39, 0.29) is 0 Å². The Bertz CT molecular complexity index is 489. The van der Waals surface area contributed by atoms with Crippen LogP contribution >= 0.6 is 0 Å². The summed E-state index contributed by atoms with van der Waals surface area (Å²) in [7, 11) is 2.22. The second-order valence-electron chi connectivity index (χ2n) is 6.53. The second kappa shape index (κ2) is 5.71. The summed E-state index contributed by atoms with van der Waals surface area (Å²) in [5.74, 6) is 0.614. The van der Waals surface area contributed by atoms with Crippen molar-refractivity contribution in [2.45, 2.75) is 44.7 Å². The molecule has 2 atom stereocenters. The third-order valence-corrected chi connectivity index (χ3v) is 4.70. The summed E-state index contributed by atoms with van der Waals surface area (Å²) in [6, 6.07) is 10.2. The Morgan fingerprint density at radius 1 is 1.20 bits per heavy atom. The molecule has 2 unspecified atom stereocenters. The number of hydrogen-bond acceptors (Lipinski definition) is 2. The Labute approximate surface area is 122 Å². The van der Waals surface area contributed by atoms with Gasteiger partial charge in [-0.15, -0.1) is 0 Å². The van der Waals surface area contributed by atoms with Crippen molar-refractivity contribution in [2.24, 2.45) is 0 Å². The van der Waals surface area contributed by atoms with E-state index in [4.69, 9.17) is 4.74 Å². The standard InChI is InChI=1S/C18H25NO/c1-13(2)16-6-4-14(5-7-16)8-15-9-17-11-20-12-18(10-15)19(17)3/h4-7,9,13,17-18H,8,10-12H2,1-3H3. The van der Waals surface area contributed by atoms with Crippen molar-refractivity contribution in [3.8, 4) is 0 Å². The molecule has 2 aliphatic rings. The quantitative estimate of drug-likeness (QED) is 0.781. The van der Waals surface area contributed by atoms with Crippen molar-refractivity contribution in [3.63, 3.8) is 0 Å². The molecule has 0 saturated carbocycles. The van der Waals surface area contributed by atoms with Crippen molar-refractivity contribution in [3.05, 3.63) is 47.0 Å². The fourth-order valence-electron chi connectivity index (χ4n) is 3.26. The topological polar surface area (TPSA) is 12.5 Å². The van der Waals surface area contributed by atoms with E-state index < -0.39 is 0 Å². The highest BCUT2D eigenvalue weighted by Gasteiger charge is 2.31. The van der Waals surface area contributed by atoms with Crippen LogP contribution in [0.15, 0.2) is 35.9 Å². The van der Waals surface area contributed by atoms with Gasteiger partial charge in [0, 0.05) is 6.04 Å². The lowest BCUT2D eigenvalue weighted by Crippen LogP contribution is -2.51. The molecular formula is C18H25NO. The van der Waals surface area contributed by atoms with Crippen LogP contribution < -0.4 is 0 Å². The molecule has 2 heteroatoms. The van der Waals surface area contributed by atoms with E-state index in [1.165, 1.54) is 11.1 Å². The van der Waals surface area contributed by atoms with Gasteiger partial charge in [-0.1, -0.05) is 49.8 Å². The number of benzene rings is 1. The average molecular weight is 271 g/mol. The number of likely N-dealkylation sites (N-methyl/N-ethyl adjacent to an activating group) is 1. The Hall–Kier alpha value is -1.12. The summed E-state index contributed by atoms with van der Waals surface area (Å²) in [4.78, 5) is 2.47. The maximum atomic E-state index is 5.66. The van der Waals surface area contributed by atoms with Crippen molar-refractivity contribution in [1.29, 1.82) is 0 Å². The lowest BCUT2D eigenvalue weighted by molar-refractivity contribution is -0.0260. The number of ether oxygens (including phenoxy) is 1. The zero-order valence-corrected chi connectivity index (χ0v) is 12.8. The van der Waals surface area contributed by atoms with E-state index in [9.17, 15) is 0 Å². The molecule has 1 fully saturated rings. The van der Waals surface area contributed by atoms with Gasteiger partial charge in [-0.2, -0.15) is 0 Å². The Kier molecular flexibility index (Phi) is 3.95. The highest BCUT2D eigenvalue weighted by Crippen LogP contribution is 2.27. The minimum atomic E-state index is 0.479. The summed E-state index contributed by atoms with van der Waals surface area (Å²) in [5.41, 5.74) is 4.44. The van der Waals surface area contributed by atoms with E-state index in [0.717, 1.165) is 26.1 Å². The fourth-order valence-corrected chi connectivity index (χ4v) is 3.26. The number of rotatable bonds is 3. The molecular weight excluding hydrogens is 246 g/mol. The van der Waals surface area contributed by atoms with Crippen LogP contribution in [0.3, 0.4) is 0 Å². The van der Waals surface area contributed by atoms with Crippen LogP contribution in [0.2, 0.25) is 0 Å². The molecule has 0 aromatic heterocycles. The van der Waals surface area contributed by atoms with Gasteiger partial charge in [0.05, 0.1) is 19.3 Å². The summed E-state index contributed by atoms with van der Waals surface area (Å²) >= 11 is 0. The molecule has 2 nitrogen and oxygen atoms in total. The molecule has 2 aliphatic heterocycles. The van der Waals surface area contributed by atoms with Gasteiger partial charge in [0.15, 0.2) is 0 Å². The first-order valence-electron chi connectivity index (χ1n) is 7.71. The number of hydrogen-bond donors (Lipinski definition) is 0. The van der Waals surface area contributed by atoms with E-state index in [2.05, 4.69) is 56.1 Å². The molecule has 108 valence electrons. The Morgan fingerprint density at radius 3 is 2.60 bits per heavy atom. The molecule has 0 amide bonds. The average Bonchev–Trinajstić information content (AvgIpc) is 2.40. The van der Waals surface area contributed by atoms with Gasteiger partial charge in [-0.05, 0) is 36.9 Å². The summed E-state index contributed by atoms with van der Waals surface area (Å²) in [6.45, 7) is 6.23. The highest BCUT2D eigenvalue weighted by atomic mass is 16.5. The van der Waals surface area contributed by atoms with Gasteiger partial charge in [0.25, 0.3) is 0 Å². The van der Waals surface area contributed by atoms with Crippen LogP contribution in [0.25, 0.3) is 0 Å². The van der Waals surface area contributed by atoms with Gasteiger partial charge in [-0.3, -0.25) is 4.90 Å². The van der Waals surface area contributed by atoms with E-state index in [1.807, 2.05) is 0 Å². The maximum Gasteiger partial charge on any atom is 0.0658 e. The summed E-state index contributed by atoms with van der Waals surface area (Å²) < 4.78 is 5.66. The maximum absolute atomic E-state index is 5.66.